The molecule has 13 heavy (non-hydrogen) atoms. The van der Waals surface area contributed by atoms with Gasteiger partial charge in [0, 0.05) is 16.8 Å². The minimum absolute atomic E-state index is 0.00164. The van der Waals surface area contributed by atoms with E-state index in [0.717, 1.165) is 19.3 Å². The molecule has 1 aliphatic heterocycles. The molecule has 1 aliphatic carbocycles. The van der Waals surface area contributed by atoms with Gasteiger partial charge >= 0.3 is 0 Å². The highest BCUT2D eigenvalue weighted by Gasteiger charge is 2.39. The lowest BCUT2D eigenvalue weighted by atomic mass is 9.77. The fourth-order valence-electron chi connectivity index (χ4n) is 2.36. The van der Waals surface area contributed by atoms with Crippen LogP contribution in [0.3, 0.4) is 0 Å². The minimum atomic E-state index is -0.431. The third kappa shape index (κ3) is 1.89. The standard InChI is InChI=1S/C9H14BrNO2/c10-5-1-2-7-6(3-5)8(12)4-9(13)11-7/h5-8,12H,1-4H2,(H,11,13). The van der Waals surface area contributed by atoms with E-state index in [4.69, 9.17) is 0 Å². The number of halogens is 1. The largest absolute Gasteiger partial charge is 0.392 e. The summed E-state index contributed by atoms with van der Waals surface area (Å²) in [7, 11) is 0. The van der Waals surface area contributed by atoms with Gasteiger partial charge in [0.1, 0.15) is 0 Å². The molecule has 0 aromatic heterocycles. The highest BCUT2D eigenvalue weighted by Crippen LogP contribution is 2.34. The molecule has 1 saturated carbocycles. The molecule has 0 bridgehead atoms. The Morgan fingerprint density at radius 3 is 3.00 bits per heavy atom. The van der Waals surface area contributed by atoms with Gasteiger partial charge in [-0.05, 0) is 19.3 Å². The van der Waals surface area contributed by atoms with Crippen LogP contribution in [-0.2, 0) is 4.79 Å². The molecule has 0 aromatic rings. The summed E-state index contributed by atoms with van der Waals surface area (Å²) in [4.78, 5) is 11.6. The normalized spacial score (nSPS) is 45.2. The van der Waals surface area contributed by atoms with Crippen molar-refractivity contribution in [3.63, 3.8) is 0 Å². The fraction of sp³-hybridized carbons (Fsp3) is 0.889. The number of rotatable bonds is 0. The van der Waals surface area contributed by atoms with E-state index >= 15 is 0 Å². The Morgan fingerprint density at radius 1 is 1.46 bits per heavy atom. The molecule has 74 valence electrons. The van der Waals surface area contributed by atoms with Crippen LogP contribution in [0.25, 0.3) is 0 Å². The first-order valence-electron chi connectivity index (χ1n) is 4.78. The van der Waals surface area contributed by atoms with Crippen molar-refractivity contribution in [2.45, 2.75) is 42.7 Å². The van der Waals surface area contributed by atoms with E-state index in [1.165, 1.54) is 0 Å². The van der Waals surface area contributed by atoms with Gasteiger partial charge in [-0.1, -0.05) is 15.9 Å². The molecule has 0 spiro atoms. The zero-order chi connectivity index (χ0) is 9.42. The van der Waals surface area contributed by atoms with E-state index in [-0.39, 0.29) is 24.3 Å². The number of fused-ring (bicyclic) bond motifs is 1. The Kier molecular flexibility index (Phi) is 2.60. The van der Waals surface area contributed by atoms with Crippen LogP contribution in [0.5, 0.6) is 0 Å². The summed E-state index contributed by atoms with van der Waals surface area (Å²) in [5.74, 6) is 0.262. The molecular weight excluding hydrogens is 234 g/mol. The lowest BCUT2D eigenvalue weighted by Crippen LogP contribution is -2.54. The molecule has 1 heterocycles. The number of hydrogen-bond donors (Lipinski definition) is 2. The van der Waals surface area contributed by atoms with Gasteiger partial charge in [-0.25, -0.2) is 0 Å². The number of carbonyl (C=O) groups excluding carboxylic acids is 1. The van der Waals surface area contributed by atoms with Crippen LogP contribution < -0.4 is 5.32 Å². The molecular formula is C9H14BrNO2. The average Bonchev–Trinajstić information content (AvgIpc) is 2.06. The quantitative estimate of drug-likeness (QED) is 0.623. The first-order chi connectivity index (χ1) is 6.16. The van der Waals surface area contributed by atoms with E-state index in [1.807, 2.05) is 0 Å². The van der Waals surface area contributed by atoms with Crippen molar-refractivity contribution in [2.24, 2.45) is 5.92 Å². The molecule has 1 amide bonds. The smallest absolute Gasteiger partial charge is 0.222 e. The lowest BCUT2D eigenvalue weighted by Gasteiger charge is -2.40. The Bertz CT molecular complexity index is 222. The summed E-state index contributed by atoms with van der Waals surface area (Å²) in [5, 5.41) is 12.7. The molecule has 2 fully saturated rings. The molecule has 4 unspecified atom stereocenters. The minimum Gasteiger partial charge on any atom is -0.392 e. The zero-order valence-corrected chi connectivity index (χ0v) is 8.96. The van der Waals surface area contributed by atoms with Gasteiger partial charge in [-0.3, -0.25) is 4.79 Å². The van der Waals surface area contributed by atoms with E-state index in [0.29, 0.717) is 4.83 Å². The topological polar surface area (TPSA) is 49.3 Å². The van der Waals surface area contributed by atoms with Crippen LogP contribution in [0.2, 0.25) is 0 Å². The second-order valence-corrected chi connectivity index (χ2v) is 5.31. The molecule has 1 saturated heterocycles. The van der Waals surface area contributed by atoms with Gasteiger partial charge in [0.15, 0.2) is 0 Å². The highest BCUT2D eigenvalue weighted by atomic mass is 79.9. The van der Waals surface area contributed by atoms with Crippen molar-refractivity contribution in [3.05, 3.63) is 0 Å². The third-order valence-electron chi connectivity index (χ3n) is 3.07. The van der Waals surface area contributed by atoms with Gasteiger partial charge in [0.05, 0.1) is 12.5 Å². The number of aliphatic hydroxyl groups excluding tert-OH is 1. The average molecular weight is 248 g/mol. The number of aliphatic hydroxyl groups is 1. The number of amides is 1. The monoisotopic (exact) mass is 247 g/mol. The summed E-state index contributed by atoms with van der Waals surface area (Å²) < 4.78 is 0. The summed E-state index contributed by atoms with van der Waals surface area (Å²) in [6.07, 6.45) is 2.91. The van der Waals surface area contributed by atoms with Crippen LogP contribution in [0.4, 0.5) is 0 Å². The second kappa shape index (κ2) is 3.58. The Balaban J connectivity index is 2.06. The van der Waals surface area contributed by atoms with Gasteiger partial charge in [0.25, 0.3) is 0 Å². The van der Waals surface area contributed by atoms with Crippen LogP contribution in [0.15, 0.2) is 0 Å². The first-order valence-corrected chi connectivity index (χ1v) is 5.70. The van der Waals surface area contributed by atoms with Crippen molar-refractivity contribution >= 4 is 21.8 Å². The van der Waals surface area contributed by atoms with E-state index in [9.17, 15) is 9.90 Å². The van der Waals surface area contributed by atoms with Crippen molar-refractivity contribution in [1.29, 1.82) is 0 Å². The van der Waals surface area contributed by atoms with Crippen molar-refractivity contribution < 1.29 is 9.90 Å². The van der Waals surface area contributed by atoms with Crippen LogP contribution in [-0.4, -0.2) is 28.0 Å². The molecule has 2 N–H and O–H groups in total. The summed E-state index contributed by atoms with van der Waals surface area (Å²) >= 11 is 3.57. The lowest BCUT2D eigenvalue weighted by molar-refractivity contribution is -0.129. The van der Waals surface area contributed by atoms with Gasteiger partial charge in [-0.15, -0.1) is 0 Å². The number of piperidine rings is 1. The fourth-order valence-corrected chi connectivity index (χ4v) is 3.06. The number of alkyl halides is 1. The SMILES string of the molecule is O=C1CC(O)C2CC(Br)CCC2N1. The molecule has 3 nitrogen and oxygen atoms in total. The predicted molar refractivity (Wildman–Crippen MR) is 52.6 cm³/mol. The maximum atomic E-state index is 11.1. The van der Waals surface area contributed by atoms with E-state index in [2.05, 4.69) is 21.2 Å². The molecule has 2 rings (SSSR count). The zero-order valence-electron chi connectivity index (χ0n) is 7.37. The van der Waals surface area contributed by atoms with Gasteiger partial charge in [0.2, 0.25) is 5.91 Å². The van der Waals surface area contributed by atoms with Gasteiger partial charge < -0.3 is 10.4 Å². The molecule has 2 aliphatic rings. The first kappa shape index (κ1) is 9.46. The second-order valence-electron chi connectivity index (χ2n) is 4.02. The molecule has 0 radical (unpaired) electrons. The maximum Gasteiger partial charge on any atom is 0.222 e. The Labute approximate surface area is 86.0 Å². The number of carbonyl (C=O) groups is 1. The number of nitrogens with one attached hydrogen (secondary N) is 1. The van der Waals surface area contributed by atoms with E-state index in [1.54, 1.807) is 0 Å². The Morgan fingerprint density at radius 2 is 2.23 bits per heavy atom. The summed E-state index contributed by atoms with van der Waals surface area (Å²) in [5.41, 5.74) is 0. The molecule has 4 heteroatoms. The van der Waals surface area contributed by atoms with E-state index < -0.39 is 6.10 Å². The molecule has 4 atom stereocenters. The predicted octanol–water partition coefficient (Wildman–Crippen LogP) is 0.799. The van der Waals surface area contributed by atoms with Crippen molar-refractivity contribution in [1.82, 2.24) is 5.32 Å². The van der Waals surface area contributed by atoms with Crippen LogP contribution in [0, 0.1) is 5.92 Å². The third-order valence-corrected chi connectivity index (χ3v) is 3.90. The van der Waals surface area contributed by atoms with Crippen LogP contribution >= 0.6 is 15.9 Å². The summed E-state index contributed by atoms with van der Waals surface area (Å²) in [6.45, 7) is 0. The Hall–Kier alpha value is -0.0900. The van der Waals surface area contributed by atoms with Crippen LogP contribution in [0.1, 0.15) is 25.7 Å². The van der Waals surface area contributed by atoms with Crippen molar-refractivity contribution in [3.8, 4) is 0 Å². The number of hydrogen-bond acceptors (Lipinski definition) is 2. The summed E-state index contributed by atoms with van der Waals surface area (Å²) in [6, 6.07) is 0.213. The van der Waals surface area contributed by atoms with Gasteiger partial charge in [-0.2, -0.15) is 0 Å². The molecule has 0 aromatic carbocycles. The van der Waals surface area contributed by atoms with Crippen molar-refractivity contribution in [2.75, 3.05) is 0 Å². The highest BCUT2D eigenvalue weighted by molar-refractivity contribution is 9.09. The maximum absolute atomic E-state index is 11.1.